The van der Waals surface area contributed by atoms with Gasteiger partial charge in [-0.3, -0.25) is 5.32 Å². The van der Waals surface area contributed by atoms with Crippen LogP contribution in [0.2, 0.25) is 5.02 Å². The van der Waals surface area contributed by atoms with Crippen LogP contribution in [0.1, 0.15) is 6.42 Å². The Morgan fingerprint density at radius 1 is 0.977 bits per heavy atom. The molecule has 3 N–H and O–H groups in total. The smallest absolute Gasteiger partial charge is 0.325 e. The van der Waals surface area contributed by atoms with Gasteiger partial charge in [0.2, 0.25) is 0 Å². The molecule has 0 bridgehead atoms. The molecule has 0 saturated carbocycles. The third-order valence-electron chi connectivity index (χ3n) is 7.35. The van der Waals surface area contributed by atoms with E-state index in [-0.39, 0.29) is 0 Å². The van der Waals surface area contributed by atoms with Gasteiger partial charge in [0.1, 0.15) is 12.1 Å². The molecule has 1 aliphatic rings. The van der Waals surface area contributed by atoms with E-state index in [1.807, 2.05) is 30.3 Å². The van der Waals surface area contributed by atoms with E-state index in [1.165, 1.54) is 17.7 Å². The van der Waals surface area contributed by atoms with Crippen LogP contribution in [-0.4, -0.2) is 84.3 Å². The summed E-state index contributed by atoms with van der Waals surface area (Å²) in [5.74, 6) is 1.92. The molecule has 3 heterocycles. The Bertz CT molecular complexity index is 1780. The van der Waals surface area contributed by atoms with Gasteiger partial charge in [-0.05, 0) is 55.9 Å². The molecule has 5 aromatic rings. The largest absolute Gasteiger partial charge is 0.493 e. The average Bonchev–Trinajstić information content (AvgIpc) is 3.41. The molecule has 1 aliphatic heterocycles. The Morgan fingerprint density at radius 2 is 1.84 bits per heavy atom. The van der Waals surface area contributed by atoms with Crippen LogP contribution in [0, 0.1) is 0 Å². The molecule has 228 valence electrons. The number of ether oxygens (including phenoxy) is 2. The van der Waals surface area contributed by atoms with Gasteiger partial charge >= 0.3 is 6.03 Å². The predicted molar refractivity (Wildman–Crippen MR) is 177 cm³/mol. The van der Waals surface area contributed by atoms with Crippen molar-refractivity contribution in [1.29, 1.82) is 0 Å². The lowest BCUT2D eigenvalue weighted by atomic mass is 10.2. The highest BCUT2D eigenvalue weighted by Crippen LogP contribution is 2.36. The zero-order valence-electron chi connectivity index (χ0n) is 24.5. The van der Waals surface area contributed by atoms with Crippen molar-refractivity contribution in [2.75, 3.05) is 69.4 Å². The summed E-state index contributed by atoms with van der Waals surface area (Å²) in [7, 11) is 3.80. The molecule has 0 spiro atoms. The number of methoxy groups -OCH3 is 1. The summed E-state index contributed by atoms with van der Waals surface area (Å²) in [6.07, 6.45) is 2.46. The zero-order chi connectivity index (χ0) is 30.5. The number of piperazine rings is 1. The Labute approximate surface area is 264 Å². The van der Waals surface area contributed by atoms with Gasteiger partial charge in [-0.2, -0.15) is 0 Å². The highest BCUT2D eigenvalue weighted by atomic mass is 35.5. The van der Waals surface area contributed by atoms with Gasteiger partial charge in [0.15, 0.2) is 16.6 Å². The number of thiazole rings is 1. The van der Waals surface area contributed by atoms with Crippen LogP contribution >= 0.6 is 22.9 Å². The number of nitrogens with one attached hydrogen (secondary N) is 3. The lowest BCUT2D eigenvalue weighted by Crippen LogP contribution is -2.44. The van der Waals surface area contributed by atoms with Crippen LogP contribution in [0.25, 0.3) is 21.1 Å². The number of hydrogen-bond acceptors (Lipinski definition) is 10. The van der Waals surface area contributed by atoms with Crippen LogP contribution in [-0.2, 0) is 0 Å². The lowest BCUT2D eigenvalue weighted by molar-refractivity contribution is 0.145. The van der Waals surface area contributed by atoms with Gasteiger partial charge < -0.3 is 29.9 Å². The number of anilines is 4. The van der Waals surface area contributed by atoms with Crippen LogP contribution in [0.15, 0.2) is 60.9 Å². The summed E-state index contributed by atoms with van der Waals surface area (Å²) in [6, 6.07) is 16.1. The first-order valence-electron chi connectivity index (χ1n) is 14.3. The van der Waals surface area contributed by atoms with Crippen LogP contribution < -0.4 is 25.4 Å². The van der Waals surface area contributed by atoms with Gasteiger partial charge in [0, 0.05) is 60.6 Å². The van der Waals surface area contributed by atoms with Gasteiger partial charge in [0.05, 0.1) is 29.5 Å². The number of carbonyl (C=O) groups excluding carboxylic acids is 1. The summed E-state index contributed by atoms with van der Waals surface area (Å²) in [4.78, 5) is 30.8. The number of benzene rings is 3. The number of urea groups is 1. The number of rotatable bonds is 10. The molecule has 0 radical (unpaired) electrons. The van der Waals surface area contributed by atoms with Gasteiger partial charge in [0.25, 0.3) is 0 Å². The van der Waals surface area contributed by atoms with E-state index >= 15 is 0 Å². The fourth-order valence-electron chi connectivity index (χ4n) is 5.00. The fraction of sp³-hybridized carbons (Fsp3) is 0.290. The number of carbonyl (C=O) groups is 1. The minimum Gasteiger partial charge on any atom is -0.493 e. The number of likely N-dealkylation sites (N-methyl/N-ethyl adjacent to an activating group) is 1. The second kappa shape index (κ2) is 13.6. The van der Waals surface area contributed by atoms with Crippen molar-refractivity contribution >= 4 is 72.4 Å². The van der Waals surface area contributed by atoms with E-state index < -0.39 is 6.03 Å². The Balaban J connectivity index is 1.12. The molecule has 2 aromatic heterocycles. The molecular formula is C31H33ClN8O3S. The van der Waals surface area contributed by atoms with Crippen molar-refractivity contribution in [2.45, 2.75) is 6.42 Å². The highest BCUT2D eigenvalue weighted by molar-refractivity contribution is 7.22. The average molecular weight is 633 g/mol. The van der Waals surface area contributed by atoms with E-state index in [2.05, 4.69) is 47.7 Å². The normalized spacial score (nSPS) is 14.1. The van der Waals surface area contributed by atoms with E-state index in [4.69, 9.17) is 21.1 Å². The van der Waals surface area contributed by atoms with Crippen molar-refractivity contribution in [3.63, 3.8) is 0 Å². The minimum atomic E-state index is -0.399. The zero-order valence-corrected chi connectivity index (χ0v) is 26.0. The summed E-state index contributed by atoms with van der Waals surface area (Å²) in [5, 5.41) is 10.8. The van der Waals surface area contributed by atoms with E-state index in [0.717, 1.165) is 66.0 Å². The summed E-state index contributed by atoms with van der Waals surface area (Å²) in [6.45, 7) is 6.01. The summed E-state index contributed by atoms with van der Waals surface area (Å²) >= 11 is 7.38. The molecule has 3 aromatic carbocycles. The van der Waals surface area contributed by atoms with E-state index in [9.17, 15) is 4.79 Å². The van der Waals surface area contributed by atoms with Crippen LogP contribution in [0.3, 0.4) is 0 Å². The maximum absolute atomic E-state index is 12.5. The fourth-order valence-corrected chi connectivity index (χ4v) is 6.09. The van der Waals surface area contributed by atoms with Crippen LogP contribution in [0.5, 0.6) is 11.5 Å². The molecule has 2 amide bonds. The van der Waals surface area contributed by atoms with Crippen molar-refractivity contribution in [2.24, 2.45) is 0 Å². The Morgan fingerprint density at radius 3 is 2.66 bits per heavy atom. The van der Waals surface area contributed by atoms with Gasteiger partial charge in [-0.1, -0.05) is 29.0 Å². The standard InChI is InChI=1S/C31H33ClN8O3S/c1-39-10-12-40(13-11-39)9-4-14-43-27-18-25-23(17-26(27)42-2)29(34-19-33-25)35-22-7-8-24-28(16-22)44-31(37-24)38-30(41)36-21-6-3-5-20(32)15-21/h3,5-8,15-19H,4,9-14H2,1-2H3,(H,33,34,35)(H2,36,37,38,41). The first-order chi connectivity index (χ1) is 21.4. The number of hydrogen-bond donors (Lipinski definition) is 3. The topological polar surface area (TPSA) is 117 Å². The van der Waals surface area contributed by atoms with Gasteiger partial charge in [-0.25, -0.2) is 19.7 Å². The Kier molecular flexibility index (Phi) is 9.22. The van der Waals surface area contributed by atoms with Crippen molar-refractivity contribution in [3.05, 3.63) is 65.9 Å². The predicted octanol–water partition coefficient (Wildman–Crippen LogP) is 6.31. The maximum atomic E-state index is 12.5. The molecule has 0 aliphatic carbocycles. The van der Waals surface area contributed by atoms with Crippen molar-refractivity contribution in [3.8, 4) is 11.5 Å². The number of fused-ring (bicyclic) bond motifs is 2. The molecule has 13 heteroatoms. The van der Waals surface area contributed by atoms with Crippen molar-refractivity contribution in [1.82, 2.24) is 24.8 Å². The third-order valence-corrected chi connectivity index (χ3v) is 8.52. The molecule has 44 heavy (non-hydrogen) atoms. The quantitative estimate of drug-likeness (QED) is 0.152. The summed E-state index contributed by atoms with van der Waals surface area (Å²) < 4.78 is 12.7. The molecule has 1 saturated heterocycles. The summed E-state index contributed by atoms with van der Waals surface area (Å²) in [5.41, 5.74) is 2.92. The molecule has 0 atom stereocenters. The van der Waals surface area contributed by atoms with E-state index in [1.54, 1.807) is 31.4 Å². The SMILES string of the molecule is COc1cc2c(Nc3ccc4nc(NC(=O)Nc5cccc(Cl)c5)sc4c3)ncnc2cc1OCCCN1CCN(C)CC1. The Hall–Kier alpha value is -4.23. The third kappa shape index (κ3) is 7.28. The number of amides is 2. The molecule has 6 rings (SSSR count). The first-order valence-corrected chi connectivity index (χ1v) is 15.5. The minimum absolute atomic E-state index is 0.399. The molecule has 0 unspecified atom stereocenters. The van der Waals surface area contributed by atoms with Crippen LogP contribution in [0.4, 0.5) is 27.1 Å². The maximum Gasteiger partial charge on any atom is 0.325 e. The highest BCUT2D eigenvalue weighted by Gasteiger charge is 2.15. The van der Waals surface area contributed by atoms with E-state index in [0.29, 0.717) is 39.8 Å². The molecule has 11 nitrogen and oxygen atoms in total. The number of halogens is 1. The second-order valence-corrected chi connectivity index (χ2v) is 12.0. The lowest BCUT2D eigenvalue weighted by Gasteiger charge is -2.32. The second-order valence-electron chi connectivity index (χ2n) is 10.5. The number of aromatic nitrogens is 3. The molecule has 1 fully saturated rings. The monoisotopic (exact) mass is 632 g/mol. The first kappa shape index (κ1) is 29.8. The number of nitrogens with zero attached hydrogens (tertiary/aromatic N) is 5. The van der Waals surface area contributed by atoms with Crippen molar-refractivity contribution < 1.29 is 14.3 Å². The molecular weight excluding hydrogens is 600 g/mol. The van der Waals surface area contributed by atoms with Gasteiger partial charge in [-0.15, -0.1) is 0 Å².